The van der Waals surface area contributed by atoms with Gasteiger partial charge in [-0.25, -0.2) is 0 Å². The smallest absolute Gasteiger partial charge is 0.0351 e. The third-order valence-corrected chi connectivity index (χ3v) is 2.91. The van der Waals surface area contributed by atoms with E-state index in [4.69, 9.17) is 5.73 Å². The topological polar surface area (TPSA) is 38.0 Å². The fraction of sp³-hybridized carbons (Fsp3) is 0.500. The molecule has 0 radical (unpaired) electrons. The zero-order valence-electron chi connectivity index (χ0n) is 9.39. The third kappa shape index (κ3) is 4.67. The molecule has 0 bridgehead atoms. The van der Waals surface area contributed by atoms with Crippen LogP contribution in [0.25, 0.3) is 0 Å². The Kier molecular flexibility index (Phi) is 4.61. The highest BCUT2D eigenvalue weighted by molar-refractivity contribution is 9.10. The summed E-state index contributed by atoms with van der Waals surface area (Å²) in [6.07, 6.45) is 1.04. The number of nitrogens with two attached hydrogens (primary N) is 1. The second kappa shape index (κ2) is 5.52. The average Bonchev–Trinajstić information content (AvgIpc) is 2.15. The van der Waals surface area contributed by atoms with Crippen molar-refractivity contribution in [2.45, 2.75) is 20.3 Å². The number of hydrogen-bond acceptors (Lipinski definition) is 2. The van der Waals surface area contributed by atoms with Crippen molar-refractivity contribution in [3.8, 4) is 0 Å². The first-order valence-corrected chi connectivity index (χ1v) is 6.02. The van der Waals surface area contributed by atoms with E-state index in [9.17, 15) is 0 Å². The van der Waals surface area contributed by atoms with Gasteiger partial charge in [0.25, 0.3) is 0 Å². The monoisotopic (exact) mass is 270 g/mol. The van der Waals surface area contributed by atoms with Crippen LogP contribution in [0.3, 0.4) is 0 Å². The van der Waals surface area contributed by atoms with Crippen molar-refractivity contribution in [1.29, 1.82) is 0 Å². The van der Waals surface area contributed by atoms with Gasteiger partial charge in [-0.05, 0) is 36.6 Å². The summed E-state index contributed by atoms with van der Waals surface area (Å²) in [6, 6.07) is 8.21. The maximum atomic E-state index is 5.57. The van der Waals surface area contributed by atoms with Gasteiger partial charge in [-0.1, -0.05) is 35.8 Å². The van der Waals surface area contributed by atoms with Crippen LogP contribution in [0.2, 0.25) is 0 Å². The van der Waals surface area contributed by atoms with Crippen LogP contribution in [-0.2, 0) is 0 Å². The molecule has 0 amide bonds. The lowest BCUT2D eigenvalue weighted by Crippen LogP contribution is -2.26. The van der Waals surface area contributed by atoms with Crippen molar-refractivity contribution in [2.24, 2.45) is 11.1 Å². The largest absolute Gasteiger partial charge is 0.384 e. The number of benzene rings is 1. The Balaban J connectivity index is 2.49. The molecule has 1 aromatic carbocycles. The van der Waals surface area contributed by atoms with Gasteiger partial charge in [0.15, 0.2) is 0 Å². The maximum absolute atomic E-state index is 5.57. The lowest BCUT2D eigenvalue weighted by molar-refractivity contribution is 0.365. The third-order valence-electron chi connectivity index (χ3n) is 2.42. The molecule has 0 saturated heterocycles. The van der Waals surface area contributed by atoms with E-state index in [1.165, 1.54) is 0 Å². The summed E-state index contributed by atoms with van der Waals surface area (Å²) in [7, 11) is 0. The highest BCUT2D eigenvalue weighted by Gasteiger charge is 2.15. The van der Waals surface area contributed by atoms with Gasteiger partial charge in [-0.3, -0.25) is 0 Å². The number of anilines is 1. The first-order valence-electron chi connectivity index (χ1n) is 5.23. The molecule has 0 unspecified atom stereocenters. The van der Waals surface area contributed by atoms with E-state index < -0.39 is 0 Å². The van der Waals surface area contributed by atoms with Gasteiger partial charge < -0.3 is 11.1 Å². The minimum absolute atomic E-state index is 0.247. The molecule has 0 aliphatic rings. The highest BCUT2D eigenvalue weighted by Crippen LogP contribution is 2.21. The van der Waals surface area contributed by atoms with E-state index in [1.807, 2.05) is 12.1 Å². The lowest BCUT2D eigenvalue weighted by atomic mass is 9.89. The molecule has 1 rings (SSSR count). The second-order valence-corrected chi connectivity index (χ2v) is 5.48. The maximum Gasteiger partial charge on any atom is 0.0351 e. The Hall–Kier alpha value is -0.540. The first-order chi connectivity index (χ1) is 7.03. The van der Waals surface area contributed by atoms with Crippen molar-refractivity contribution < 1.29 is 0 Å². The van der Waals surface area contributed by atoms with Gasteiger partial charge in [-0.15, -0.1) is 0 Å². The molecule has 84 valence electrons. The summed E-state index contributed by atoms with van der Waals surface area (Å²) >= 11 is 3.45. The highest BCUT2D eigenvalue weighted by atomic mass is 79.9. The summed E-state index contributed by atoms with van der Waals surface area (Å²) < 4.78 is 1.10. The van der Waals surface area contributed by atoms with Gasteiger partial charge in [0.2, 0.25) is 0 Å². The van der Waals surface area contributed by atoms with Crippen LogP contribution in [0.5, 0.6) is 0 Å². The van der Waals surface area contributed by atoms with Crippen molar-refractivity contribution in [2.75, 3.05) is 18.4 Å². The minimum Gasteiger partial charge on any atom is -0.384 e. The molecular formula is C12H19BrN2. The van der Waals surface area contributed by atoms with Gasteiger partial charge in [0, 0.05) is 16.7 Å². The van der Waals surface area contributed by atoms with E-state index in [-0.39, 0.29) is 5.41 Å². The molecule has 0 spiro atoms. The first kappa shape index (κ1) is 12.5. The van der Waals surface area contributed by atoms with Gasteiger partial charge in [0.05, 0.1) is 0 Å². The Morgan fingerprint density at radius 3 is 2.73 bits per heavy atom. The Labute approximate surface area is 100 Å². The zero-order chi connectivity index (χ0) is 11.3. The summed E-state index contributed by atoms with van der Waals surface area (Å²) in [6.45, 7) is 6.14. The van der Waals surface area contributed by atoms with Crippen molar-refractivity contribution >= 4 is 21.6 Å². The molecule has 0 aliphatic carbocycles. The van der Waals surface area contributed by atoms with E-state index in [0.717, 1.165) is 29.7 Å². The number of hydrogen-bond donors (Lipinski definition) is 2. The molecule has 0 aliphatic heterocycles. The van der Waals surface area contributed by atoms with Crippen LogP contribution in [-0.4, -0.2) is 13.1 Å². The fourth-order valence-electron chi connectivity index (χ4n) is 1.42. The van der Waals surface area contributed by atoms with E-state index in [1.54, 1.807) is 0 Å². The van der Waals surface area contributed by atoms with Gasteiger partial charge >= 0.3 is 0 Å². The average molecular weight is 271 g/mol. The quantitative estimate of drug-likeness (QED) is 0.862. The SMILES string of the molecule is CC(C)(CCN)CNc1cccc(Br)c1. The molecule has 1 aromatic rings. The molecule has 0 heterocycles. The fourth-order valence-corrected chi connectivity index (χ4v) is 1.82. The van der Waals surface area contributed by atoms with E-state index in [0.29, 0.717) is 0 Å². The van der Waals surface area contributed by atoms with Crippen molar-refractivity contribution in [3.05, 3.63) is 28.7 Å². The predicted octanol–water partition coefficient (Wildman–Crippen LogP) is 3.24. The summed E-state index contributed by atoms with van der Waals surface area (Å²) in [4.78, 5) is 0. The minimum atomic E-state index is 0.247. The standard InChI is InChI=1S/C12H19BrN2/c1-12(2,6-7-14)9-15-11-5-3-4-10(13)8-11/h3-5,8,15H,6-7,9,14H2,1-2H3. The number of rotatable bonds is 5. The Bertz CT molecular complexity index is 310. The molecule has 0 fully saturated rings. The predicted molar refractivity (Wildman–Crippen MR) is 70.1 cm³/mol. The van der Waals surface area contributed by atoms with Crippen LogP contribution >= 0.6 is 15.9 Å². The van der Waals surface area contributed by atoms with Crippen LogP contribution in [0.15, 0.2) is 28.7 Å². The number of halogens is 1. The van der Waals surface area contributed by atoms with Crippen molar-refractivity contribution in [3.63, 3.8) is 0 Å². The van der Waals surface area contributed by atoms with Crippen LogP contribution in [0.1, 0.15) is 20.3 Å². The van der Waals surface area contributed by atoms with E-state index in [2.05, 4.69) is 47.2 Å². The van der Waals surface area contributed by atoms with Crippen LogP contribution in [0.4, 0.5) is 5.69 Å². The molecule has 3 heteroatoms. The van der Waals surface area contributed by atoms with Crippen LogP contribution < -0.4 is 11.1 Å². The number of nitrogens with one attached hydrogen (secondary N) is 1. The molecule has 0 atom stereocenters. The summed E-state index contributed by atoms with van der Waals surface area (Å²) in [5, 5.41) is 3.42. The van der Waals surface area contributed by atoms with Gasteiger partial charge in [-0.2, -0.15) is 0 Å². The molecule has 3 N–H and O–H groups in total. The molecule has 0 saturated carbocycles. The molecule has 0 aromatic heterocycles. The summed E-state index contributed by atoms with van der Waals surface area (Å²) in [5.41, 5.74) is 6.97. The second-order valence-electron chi connectivity index (χ2n) is 4.57. The molecular weight excluding hydrogens is 252 g/mol. The molecule has 2 nitrogen and oxygen atoms in total. The van der Waals surface area contributed by atoms with Crippen molar-refractivity contribution in [1.82, 2.24) is 0 Å². The summed E-state index contributed by atoms with van der Waals surface area (Å²) in [5.74, 6) is 0. The zero-order valence-corrected chi connectivity index (χ0v) is 11.0. The van der Waals surface area contributed by atoms with Crippen LogP contribution in [0, 0.1) is 5.41 Å². The normalized spacial score (nSPS) is 11.5. The van der Waals surface area contributed by atoms with Gasteiger partial charge in [0.1, 0.15) is 0 Å². The Morgan fingerprint density at radius 2 is 2.13 bits per heavy atom. The van der Waals surface area contributed by atoms with E-state index >= 15 is 0 Å². The lowest BCUT2D eigenvalue weighted by Gasteiger charge is -2.24. The molecule has 15 heavy (non-hydrogen) atoms. The Morgan fingerprint density at radius 1 is 1.40 bits per heavy atom.